The van der Waals surface area contributed by atoms with Gasteiger partial charge in [-0.2, -0.15) is 0 Å². The predicted octanol–water partition coefficient (Wildman–Crippen LogP) is 3.83. The molecule has 1 aromatic carbocycles. The third-order valence-corrected chi connectivity index (χ3v) is 4.18. The van der Waals surface area contributed by atoms with Crippen LogP contribution in [0, 0.1) is 0 Å². The molecule has 2 rings (SSSR count). The Morgan fingerprint density at radius 2 is 1.86 bits per heavy atom. The minimum atomic E-state index is -0.461. The van der Waals surface area contributed by atoms with Crippen LogP contribution in [-0.4, -0.2) is 17.2 Å². The standard InChI is InChI=1S/C14H18Cl2N4OS/c15-9-6-7-12(11(16)8-9)18-13(21)19-20-14(22)17-10-4-2-1-3-5-10/h6-8,10H,1-5H2,(H2,17,20,22)(H2,18,19,21). The monoisotopic (exact) mass is 360 g/mol. The molecular formula is C14H18Cl2N4OS. The van der Waals surface area contributed by atoms with E-state index in [9.17, 15) is 4.79 Å². The van der Waals surface area contributed by atoms with E-state index >= 15 is 0 Å². The maximum Gasteiger partial charge on any atom is 0.337 e. The van der Waals surface area contributed by atoms with Crippen LogP contribution >= 0.6 is 35.4 Å². The summed E-state index contributed by atoms with van der Waals surface area (Å²) >= 11 is 16.9. The van der Waals surface area contributed by atoms with Crippen molar-refractivity contribution in [2.24, 2.45) is 0 Å². The van der Waals surface area contributed by atoms with Gasteiger partial charge in [-0.3, -0.25) is 5.43 Å². The van der Waals surface area contributed by atoms with Gasteiger partial charge < -0.3 is 10.6 Å². The minimum Gasteiger partial charge on any atom is -0.359 e. The highest BCUT2D eigenvalue weighted by Crippen LogP contribution is 2.25. The highest BCUT2D eigenvalue weighted by Gasteiger charge is 2.14. The summed E-state index contributed by atoms with van der Waals surface area (Å²) in [5.41, 5.74) is 5.61. The molecule has 1 aliphatic rings. The zero-order valence-electron chi connectivity index (χ0n) is 11.9. The van der Waals surface area contributed by atoms with E-state index in [1.54, 1.807) is 18.2 Å². The number of halogens is 2. The van der Waals surface area contributed by atoms with Crippen molar-refractivity contribution in [2.75, 3.05) is 5.32 Å². The molecule has 0 unspecified atom stereocenters. The lowest BCUT2D eigenvalue weighted by Crippen LogP contribution is -2.51. The quantitative estimate of drug-likeness (QED) is 0.478. The number of hydrogen-bond donors (Lipinski definition) is 4. The lowest BCUT2D eigenvalue weighted by molar-refractivity contribution is 0.250. The van der Waals surface area contributed by atoms with Gasteiger partial charge in [-0.15, -0.1) is 0 Å². The summed E-state index contributed by atoms with van der Waals surface area (Å²) in [7, 11) is 0. The summed E-state index contributed by atoms with van der Waals surface area (Å²) in [6.07, 6.45) is 5.91. The number of urea groups is 1. The highest BCUT2D eigenvalue weighted by molar-refractivity contribution is 7.80. The van der Waals surface area contributed by atoms with E-state index in [0.717, 1.165) is 12.8 Å². The van der Waals surface area contributed by atoms with E-state index in [-0.39, 0.29) is 0 Å². The minimum absolute atomic E-state index is 0.366. The van der Waals surface area contributed by atoms with Crippen molar-refractivity contribution in [3.8, 4) is 0 Å². The average Bonchev–Trinajstić information content (AvgIpc) is 2.49. The van der Waals surface area contributed by atoms with Gasteiger partial charge in [0.25, 0.3) is 0 Å². The largest absolute Gasteiger partial charge is 0.359 e. The molecule has 5 nitrogen and oxygen atoms in total. The third kappa shape index (κ3) is 5.51. The summed E-state index contributed by atoms with van der Waals surface area (Å²) in [4.78, 5) is 11.8. The van der Waals surface area contributed by atoms with Crippen molar-refractivity contribution in [3.63, 3.8) is 0 Å². The average molecular weight is 361 g/mol. The molecule has 4 N–H and O–H groups in total. The van der Waals surface area contributed by atoms with E-state index in [2.05, 4.69) is 21.5 Å². The van der Waals surface area contributed by atoms with Crippen LogP contribution in [-0.2, 0) is 0 Å². The van der Waals surface area contributed by atoms with Crippen molar-refractivity contribution < 1.29 is 4.79 Å². The first kappa shape index (κ1) is 17.1. The van der Waals surface area contributed by atoms with Crippen LogP contribution in [0.2, 0.25) is 10.0 Å². The fraction of sp³-hybridized carbons (Fsp3) is 0.429. The summed E-state index contributed by atoms with van der Waals surface area (Å²) in [6.45, 7) is 0. The first-order valence-electron chi connectivity index (χ1n) is 7.13. The summed E-state index contributed by atoms with van der Waals surface area (Å²) in [6, 6.07) is 4.75. The molecule has 120 valence electrons. The Labute approximate surface area is 145 Å². The van der Waals surface area contributed by atoms with Gasteiger partial charge in [-0.05, 0) is 43.3 Å². The number of amides is 2. The fourth-order valence-electron chi connectivity index (χ4n) is 2.33. The number of carbonyl (C=O) groups excluding carboxylic acids is 1. The Morgan fingerprint density at radius 1 is 1.14 bits per heavy atom. The van der Waals surface area contributed by atoms with Gasteiger partial charge in [-0.1, -0.05) is 42.5 Å². The SMILES string of the molecule is O=C(NNC(=S)NC1CCCCC1)Nc1ccc(Cl)cc1Cl. The molecule has 0 bridgehead atoms. The third-order valence-electron chi connectivity index (χ3n) is 3.41. The zero-order chi connectivity index (χ0) is 15.9. The van der Waals surface area contributed by atoms with Crippen LogP contribution in [0.15, 0.2) is 18.2 Å². The number of rotatable bonds is 2. The maximum absolute atomic E-state index is 11.8. The lowest BCUT2D eigenvalue weighted by Gasteiger charge is -2.24. The number of hydrazine groups is 1. The Hall–Kier alpha value is -1.24. The number of hydrogen-bond acceptors (Lipinski definition) is 2. The van der Waals surface area contributed by atoms with Crippen molar-refractivity contribution in [2.45, 2.75) is 38.1 Å². The molecule has 0 saturated heterocycles. The van der Waals surface area contributed by atoms with Gasteiger partial charge >= 0.3 is 6.03 Å². The van der Waals surface area contributed by atoms with Gasteiger partial charge in [-0.25, -0.2) is 10.2 Å². The second-order valence-electron chi connectivity index (χ2n) is 5.14. The highest BCUT2D eigenvalue weighted by atomic mass is 35.5. The smallest absolute Gasteiger partial charge is 0.337 e. The second-order valence-corrected chi connectivity index (χ2v) is 6.39. The Kier molecular flexibility index (Phi) is 6.54. The Balaban J connectivity index is 1.73. The maximum atomic E-state index is 11.8. The lowest BCUT2D eigenvalue weighted by atomic mass is 9.96. The van der Waals surface area contributed by atoms with Gasteiger partial charge in [0, 0.05) is 11.1 Å². The first-order chi connectivity index (χ1) is 10.5. The normalized spacial score (nSPS) is 15.0. The number of thiocarbonyl (C=S) groups is 1. The van der Waals surface area contributed by atoms with E-state index < -0.39 is 6.03 Å². The van der Waals surface area contributed by atoms with Crippen LogP contribution in [0.25, 0.3) is 0 Å². The number of anilines is 1. The summed E-state index contributed by atoms with van der Waals surface area (Å²) in [5, 5.41) is 7.08. The Morgan fingerprint density at radius 3 is 2.55 bits per heavy atom. The second kappa shape index (κ2) is 8.41. The molecule has 1 fully saturated rings. The molecule has 0 aliphatic heterocycles. The van der Waals surface area contributed by atoms with Crippen LogP contribution in [0.4, 0.5) is 10.5 Å². The molecule has 0 spiro atoms. The van der Waals surface area contributed by atoms with Gasteiger partial charge in [0.1, 0.15) is 0 Å². The molecule has 1 saturated carbocycles. The van der Waals surface area contributed by atoms with E-state index in [1.165, 1.54) is 19.3 Å². The van der Waals surface area contributed by atoms with Crippen molar-refractivity contribution in [3.05, 3.63) is 28.2 Å². The summed E-state index contributed by atoms with van der Waals surface area (Å²) < 4.78 is 0. The van der Waals surface area contributed by atoms with Crippen molar-refractivity contribution in [1.29, 1.82) is 0 Å². The molecule has 0 atom stereocenters. The zero-order valence-corrected chi connectivity index (χ0v) is 14.2. The molecule has 0 heterocycles. The van der Waals surface area contributed by atoms with Crippen LogP contribution < -0.4 is 21.5 Å². The van der Waals surface area contributed by atoms with Crippen molar-refractivity contribution in [1.82, 2.24) is 16.2 Å². The van der Waals surface area contributed by atoms with Crippen LogP contribution in [0.3, 0.4) is 0 Å². The fourth-order valence-corrected chi connectivity index (χ4v) is 3.00. The first-order valence-corrected chi connectivity index (χ1v) is 8.29. The molecular weight excluding hydrogens is 343 g/mol. The molecule has 0 aromatic heterocycles. The van der Waals surface area contributed by atoms with E-state index in [4.69, 9.17) is 35.4 Å². The molecule has 1 aliphatic carbocycles. The topological polar surface area (TPSA) is 65.2 Å². The molecule has 2 amide bonds. The van der Waals surface area contributed by atoms with Gasteiger partial charge in [0.05, 0.1) is 10.7 Å². The number of carbonyl (C=O) groups is 1. The molecule has 1 aromatic rings. The van der Waals surface area contributed by atoms with E-state index in [1.807, 2.05) is 0 Å². The molecule has 22 heavy (non-hydrogen) atoms. The van der Waals surface area contributed by atoms with E-state index in [0.29, 0.717) is 26.9 Å². The molecule has 0 radical (unpaired) electrons. The Bertz CT molecular complexity index is 550. The van der Waals surface area contributed by atoms with Crippen LogP contribution in [0.1, 0.15) is 32.1 Å². The number of benzene rings is 1. The predicted molar refractivity (Wildman–Crippen MR) is 94.4 cm³/mol. The summed E-state index contributed by atoms with van der Waals surface area (Å²) in [5.74, 6) is 0. The molecule has 8 heteroatoms. The van der Waals surface area contributed by atoms with Gasteiger partial charge in [0.2, 0.25) is 0 Å². The number of nitrogens with one attached hydrogen (secondary N) is 4. The van der Waals surface area contributed by atoms with Crippen molar-refractivity contribution >= 4 is 52.3 Å². The van der Waals surface area contributed by atoms with Crippen LogP contribution in [0.5, 0.6) is 0 Å². The van der Waals surface area contributed by atoms with Gasteiger partial charge in [0.15, 0.2) is 5.11 Å².